The van der Waals surface area contributed by atoms with Crippen molar-refractivity contribution in [3.63, 3.8) is 0 Å². The molecule has 26 heavy (non-hydrogen) atoms. The highest BCUT2D eigenvalue weighted by Crippen LogP contribution is 2.40. The van der Waals surface area contributed by atoms with E-state index < -0.39 is 0 Å². The van der Waals surface area contributed by atoms with Gasteiger partial charge < -0.3 is 20.2 Å². The molecule has 6 heteroatoms. The number of methoxy groups -OCH3 is 2. The van der Waals surface area contributed by atoms with Gasteiger partial charge in [-0.05, 0) is 61.7 Å². The maximum Gasteiger partial charge on any atom is 0.161 e. The maximum atomic E-state index is 6.51. The van der Waals surface area contributed by atoms with Crippen LogP contribution >= 0.6 is 23.2 Å². The summed E-state index contributed by atoms with van der Waals surface area (Å²) in [5.41, 5.74) is 9.66. The lowest BCUT2D eigenvalue weighted by molar-refractivity contribution is 0.355. The number of nitrogens with two attached hydrogens (primary N) is 1. The number of aryl methyl sites for hydroxylation is 1. The molecular formula is C20H22Cl2N2O2. The third-order valence-electron chi connectivity index (χ3n) is 4.51. The molecule has 0 bridgehead atoms. The van der Waals surface area contributed by atoms with E-state index in [1.807, 2.05) is 30.3 Å². The number of aromatic nitrogens is 1. The normalized spacial score (nSPS) is 11.1. The number of hydrogen-bond donors (Lipinski definition) is 2. The van der Waals surface area contributed by atoms with Crippen molar-refractivity contribution in [2.75, 3.05) is 20.8 Å². The van der Waals surface area contributed by atoms with Gasteiger partial charge in [-0.1, -0.05) is 23.2 Å². The summed E-state index contributed by atoms with van der Waals surface area (Å²) in [5, 5.41) is 2.31. The number of nitrogens with one attached hydrogen (secondary N) is 1. The summed E-state index contributed by atoms with van der Waals surface area (Å²) in [5.74, 6) is 1.36. The van der Waals surface area contributed by atoms with Gasteiger partial charge >= 0.3 is 0 Å². The summed E-state index contributed by atoms with van der Waals surface area (Å²) in [7, 11) is 3.25. The zero-order valence-electron chi connectivity index (χ0n) is 14.9. The highest BCUT2D eigenvalue weighted by molar-refractivity contribution is 6.40. The second-order valence-corrected chi connectivity index (χ2v) is 6.89. The van der Waals surface area contributed by atoms with Crippen molar-refractivity contribution in [1.82, 2.24) is 4.98 Å². The Kier molecular flexibility index (Phi) is 5.97. The molecular weight excluding hydrogens is 371 g/mol. The molecule has 0 atom stereocenters. The van der Waals surface area contributed by atoms with Crippen LogP contribution in [0.3, 0.4) is 0 Å². The van der Waals surface area contributed by atoms with Crippen LogP contribution in [-0.2, 0) is 6.42 Å². The molecule has 3 N–H and O–H groups in total. The first-order valence-electron chi connectivity index (χ1n) is 8.51. The van der Waals surface area contributed by atoms with Crippen molar-refractivity contribution >= 4 is 34.1 Å². The molecule has 0 saturated carbocycles. The molecule has 2 aromatic carbocycles. The van der Waals surface area contributed by atoms with Crippen molar-refractivity contribution in [3.8, 4) is 22.8 Å². The van der Waals surface area contributed by atoms with Gasteiger partial charge in [0.15, 0.2) is 11.5 Å². The Morgan fingerprint density at radius 1 is 0.962 bits per heavy atom. The summed E-state index contributed by atoms with van der Waals surface area (Å²) in [6, 6.07) is 9.50. The molecule has 0 unspecified atom stereocenters. The molecule has 3 rings (SSSR count). The Labute approximate surface area is 163 Å². The van der Waals surface area contributed by atoms with E-state index in [0.717, 1.165) is 47.0 Å². The smallest absolute Gasteiger partial charge is 0.161 e. The van der Waals surface area contributed by atoms with Crippen molar-refractivity contribution in [1.29, 1.82) is 0 Å². The van der Waals surface area contributed by atoms with Crippen LogP contribution in [0.2, 0.25) is 10.0 Å². The summed E-state index contributed by atoms with van der Waals surface area (Å²) in [4.78, 5) is 3.46. The molecule has 1 aromatic heterocycles. The van der Waals surface area contributed by atoms with E-state index >= 15 is 0 Å². The number of benzene rings is 2. The van der Waals surface area contributed by atoms with Gasteiger partial charge in [-0.15, -0.1) is 0 Å². The molecule has 0 amide bonds. The zero-order chi connectivity index (χ0) is 18.7. The first kappa shape index (κ1) is 18.9. The number of halogens is 2. The van der Waals surface area contributed by atoms with Gasteiger partial charge in [0.2, 0.25) is 0 Å². The van der Waals surface area contributed by atoms with E-state index in [0.29, 0.717) is 28.1 Å². The fourth-order valence-electron chi connectivity index (χ4n) is 3.23. The molecule has 138 valence electrons. The highest BCUT2D eigenvalue weighted by atomic mass is 35.5. The summed E-state index contributed by atoms with van der Waals surface area (Å²) in [6.07, 6.45) is 2.80. The SMILES string of the molecule is COc1ccc(-c2[nH]c3c(Cl)ccc(Cl)c3c2CCCCN)cc1OC. The number of aromatic amines is 1. The number of fused-ring (bicyclic) bond motifs is 1. The second-order valence-electron chi connectivity index (χ2n) is 6.07. The summed E-state index contributed by atoms with van der Waals surface area (Å²) < 4.78 is 10.8. The molecule has 3 aromatic rings. The highest BCUT2D eigenvalue weighted by Gasteiger charge is 2.18. The van der Waals surface area contributed by atoms with Crippen LogP contribution in [0.5, 0.6) is 11.5 Å². The average Bonchev–Trinajstić information content (AvgIpc) is 3.05. The number of H-pyrrole nitrogens is 1. The Balaban J connectivity index is 2.19. The molecule has 0 fully saturated rings. The molecule has 0 aliphatic carbocycles. The van der Waals surface area contributed by atoms with Gasteiger partial charge in [-0.2, -0.15) is 0 Å². The lowest BCUT2D eigenvalue weighted by Gasteiger charge is -2.10. The Morgan fingerprint density at radius 3 is 2.38 bits per heavy atom. The quantitative estimate of drug-likeness (QED) is 0.526. The minimum atomic E-state index is 0.649. The van der Waals surface area contributed by atoms with Crippen molar-refractivity contribution < 1.29 is 9.47 Å². The van der Waals surface area contributed by atoms with Gasteiger partial charge in [0.1, 0.15) is 0 Å². The largest absolute Gasteiger partial charge is 0.493 e. The summed E-state index contributed by atoms with van der Waals surface area (Å²) >= 11 is 12.9. The molecule has 0 aliphatic heterocycles. The molecule has 0 radical (unpaired) electrons. The number of hydrogen-bond acceptors (Lipinski definition) is 3. The van der Waals surface area contributed by atoms with E-state index in [4.69, 9.17) is 38.4 Å². The molecule has 0 saturated heterocycles. The standard InChI is InChI=1S/C20H22Cl2N2O2/c1-25-16-9-6-12(11-17(16)26-2)19-13(5-3-4-10-23)18-14(21)7-8-15(22)20(18)24-19/h6-9,11,24H,3-5,10,23H2,1-2H3. The van der Waals surface area contributed by atoms with Gasteiger partial charge in [0.25, 0.3) is 0 Å². The molecule has 1 heterocycles. The van der Waals surface area contributed by atoms with Gasteiger partial charge in [0, 0.05) is 16.6 Å². The average molecular weight is 393 g/mol. The van der Waals surface area contributed by atoms with Crippen LogP contribution in [0.1, 0.15) is 18.4 Å². The summed E-state index contributed by atoms with van der Waals surface area (Å²) in [6.45, 7) is 0.669. The first-order chi connectivity index (χ1) is 12.6. The lowest BCUT2D eigenvalue weighted by atomic mass is 10.00. The fraction of sp³-hybridized carbons (Fsp3) is 0.300. The monoisotopic (exact) mass is 392 g/mol. The lowest BCUT2D eigenvalue weighted by Crippen LogP contribution is -1.99. The van der Waals surface area contributed by atoms with Crippen LogP contribution in [-0.4, -0.2) is 25.7 Å². The Morgan fingerprint density at radius 2 is 1.69 bits per heavy atom. The van der Waals surface area contributed by atoms with Gasteiger partial charge in [-0.25, -0.2) is 0 Å². The minimum Gasteiger partial charge on any atom is -0.493 e. The number of ether oxygens (including phenoxy) is 2. The third kappa shape index (κ3) is 3.50. The number of unbranched alkanes of at least 4 members (excludes halogenated alkanes) is 1. The first-order valence-corrected chi connectivity index (χ1v) is 9.27. The minimum absolute atomic E-state index is 0.649. The van der Waals surface area contributed by atoms with E-state index in [-0.39, 0.29) is 0 Å². The van der Waals surface area contributed by atoms with E-state index in [2.05, 4.69) is 4.98 Å². The predicted octanol–water partition coefficient (Wildman–Crippen LogP) is 5.44. The van der Waals surface area contributed by atoms with Crippen LogP contribution in [0.4, 0.5) is 0 Å². The zero-order valence-corrected chi connectivity index (χ0v) is 16.4. The molecule has 0 spiro atoms. The van der Waals surface area contributed by atoms with Gasteiger partial charge in [-0.3, -0.25) is 0 Å². The van der Waals surface area contributed by atoms with E-state index in [1.54, 1.807) is 14.2 Å². The van der Waals surface area contributed by atoms with Crippen LogP contribution < -0.4 is 15.2 Å². The Hall–Kier alpha value is -1.88. The van der Waals surface area contributed by atoms with Crippen molar-refractivity contribution in [3.05, 3.63) is 45.9 Å². The Bertz CT molecular complexity index is 922. The van der Waals surface area contributed by atoms with Crippen molar-refractivity contribution in [2.24, 2.45) is 5.73 Å². The van der Waals surface area contributed by atoms with Crippen LogP contribution in [0.15, 0.2) is 30.3 Å². The topological polar surface area (TPSA) is 60.3 Å². The van der Waals surface area contributed by atoms with Crippen LogP contribution in [0, 0.1) is 0 Å². The molecule has 4 nitrogen and oxygen atoms in total. The van der Waals surface area contributed by atoms with Crippen molar-refractivity contribution in [2.45, 2.75) is 19.3 Å². The van der Waals surface area contributed by atoms with E-state index in [9.17, 15) is 0 Å². The van der Waals surface area contributed by atoms with E-state index in [1.165, 1.54) is 0 Å². The second kappa shape index (κ2) is 8.21. The fourth-order valence-corrected chi connectivity index (χ4v) is 3.71. The van der Waals surface area contributed by atoms with Crippen LogP contribution in [0.25, 0.3) is 22.2 Å². The predicted molar refractivity (Wildman–Crippen MR) is 109 cm³/mol. The third-order valence-corrected chi connectivity index (χ3v) is 5.14. The van der Waals surface area contributed by atoms with Gasteiger partial charge in [0.05, 0.1) is 29.8 Å². The number of rotatable bonds is 7. The maximum absolute atomic E-state index is 6.51. The molecule has 0 aliphatic rings.